The minimum atomic E-state index is -4.46. The van der Waals surface area contributed by atoms with E-state index >= 15 is 0 Å². The van der Waals surface area contributed by atoms with Crippen LogP contribution in [0, 0.1) is 0 Å². The van der Waals surface area contributed by atoms with Gasteiger partial charge in [-0.1, -0.05) is 272 Å². The lowest BCUT2D eigenvalue weighted by molar-refractivity contribution is -0.870. The van der Waals surface area contributed by atoms with Crippen LogP contribution in [0.25, 0.3) is 0 Å². The summed E-state index contributed by atoms with van der Waals surface area (Å²) < 4.78 is 30.8. The van der Waals surface area contributed by atoms with Crippen LogP contribution in [0.5, 0.6) is 0 Å². The smallest absolute Gasteiger partial charge is 0.456 e. The highest BCUT2D eigenvalue weighted by Gasteiger charge is 2.30. The van der Waals surface area contributed by atoms with Crippen molar-refractivity contribution in [2.45, 2.75) is 303 Å². The van der Waals surface area contributed by atoms with Crippen LogP contribution in [0.15, 0.2) is 109 Å². The molecule has 0 aromatic heterocycles. The number of quaternary nitrogens is 1. The number of nitrogens with one attached hydrogen (secondary N) is 1. The van der Waals surface area contributed by atoms with E-state index in [9.17, 15) is 19.0 Å². The van der Waals surface area contributed by atoms with Gasteiger partial charge >= 0.3 is 13.8 Å². The molecule has 9 nitrogen and oxygen atoms in total. The molecule has 0 saturated heterocycles. The minimum absolute atomic E-state index is 0.0317. The number of rotatable bonds is 61. The lowest BCUT2D eigenvalue weighted by Crippen LogP contribution is -2.47. The van der Waals surface area contributed by atoms with Gasteiger partial charge in [-0.05, 0) is 115 Å². The predicted molar refractivity (Wildman–Crippen MR) is 360 cm³/mol. The third kappa shape index (κ3) is 63.0. The number of ether oxygens (including phenoxy) is 1. The molecule has 83 heavy (non-hydrogen) atoms. The maximum absolute atomic E-state index is 13.6. The molecule has 0 saturated carbocycles. The Balaban J connectivity index is 5.11. The Morgan fingerprint density at radius 1 is 0.434 bits per heavy atom. The molecule has 2 N–H and O–H groups in total. The fourth-order valence-electron chi connectivity index (χ4n) is 9.44. The topological polar surface area (TPSA) is 111 Å². The van der Waals surface area contributed by atoms with Crippen molar-refractivity contribution in [1.82, 2.24) is 5.32 Å². The fraction of sp³-hybridized carbons (Fsp3) is 0.726. The van der Waals surface area contributed by atoms with Gasteiger partial charge in [-0.25, -0.2) is 4.57 Å². The van der Waals surface area contributed by atoms with Gasteiger partial charge < -0.3 is 19.4 Å². The van der Waals surface area contributed by atoms with E-state index in [1.165, 1.54) is 135 Å². The Kier molecular flexibility index (Phi) is 59.3. The van der Waals surface area contributed by atoms with Crippen molar-refractivity contribution in [3.05, 3.63) is 109 Å². The maximum Gasteiger partial charge on any atom is 0.472 e. The standard InChI is InChI=1S/C73H129N2O7P/c1-7-10-13-16-19-22-25-27-29-31-33-35-36-37-38-40-41-43-45-47-50-53-56-59-62-65-72(76)74-70(69-81-83(78,79)80-68-67-75(4,5)6)71(64-61-58-55-52-49-24-21-18-15-12-9-3)82-73(77)66-63-60-57-54-51-48-46-44-42-39-34-32-30-28-26-23-20-17-14-11-8-2/h11,14,19-20,22-23,27-30,33-35,39,44,46,61,64,70-71H,7-10,12-13,15-18,21,24-26,31-32,36-38,40-43,45,47-60,62-63,65-69H2,1-6H3,(H-,74,76,78,79)/p+1/b14-11-,22-19-,23-20-,29-27-,30-28-,35-33-,39-34-,46-44-,64-61-. The largest absolute Gasteiger partial charge is 0.472 e. The first kappa shape index (κ1) is 79.7. The average Bonchev–Trinajstić information content (AvgIpc) is 3.51. The van der Waals surface area contributed by atoms with Gasteiger partial charge in [0.15, 0.2) is 0 Å². The van der Waals surface area contributed by atoms with E-state index in [0.717, 1.165) is 116 Å². The van der Waals surface area contributed by atoms with Crippen molar-refractivity contribution >= 4 is 19.7 Å². The number of hydrogen-bond donors (Lipinski definition) is 2. The Morgan fingerprint density at radius 3 is 1.18 bits per heavy atom. The van der Waals surface area contributed by atoms with E-state index < -0.39 is 20.0 Å². The molecule has 0 spiro atoms. The Labute approximate surface area is 512 Å². The third-order valence-corrected chi connectivity index (χ3v) is 15.7. The molecule has 0 aromatic rings. The highest BCUT2D eigenvalue weighted by Crippen LogP contribution is 2.43. The normalized spacial score (nSPS) is 14.3. The Hall–Kier alpha value is -3.33. The summed E-state index contributed by atoms with van der Waals surface area (Å²) in [7, 11) is 1.47. The summed E-state index contributed by atoms with van der Waals surface area (Å²) in [6.45, 7) is 6.86. The zero-order valence-electron chi connectivity index (χ0n) is 54.7. The maximum atomic E-state index is 13.6. The van der Waals surface area contributed by atoms with Crippen molar-refractivity contribution in [3.8, 4) is 0 Å². The first-order chi connectivity index (χ1) is 40.4. The molecule has 0 aliphatic heterocycles. The highest BCUT2D eigenvalue weighted by atomic mass is 31.2. The van der Waals surface area contributed by atoms with Gasteiger partial charge in [-0.3, -0.25) is 18.6 Å². The molecule has 3 atom stereocenters. The van der Waals surface area contributed by atoms with Crippen LogP contribution in [0.3, 0.4) is 0 Å². The van der Waals surface area contributed by atoms with Crippen molar-refractivity contribution in [2.75, 3.05) is 40.9 Å². The lowest BCUT2D eigenvalue weighted by atomic mass is 10.0. The number of carbonyl (C=O) groups is 2. The van der Waals surface area contributed by atoms with Crippen molar-refractivity contribution < 1.29 is 37.3 Å². The SMILES string of the molecule is CC/C=C\C/C=C\C/C=C\C/C=C\C/C=C\CCCCCCCC(=O)OC(/C=C\CCCCCCCCCCC)C(COP(=O)(O)OCC[N+](C)(C)C)NC(=O)CCCCCCCCCCCCCC/C=C\C/C=C\C/C=C\CCCCC. The number of unbranched alkanes of at least 4 members (excludes halogenated alkanes) is 29. The molecule has 0 aliphatic carbocycles. The monoisotopic (exact) mass is 1180 g/mol. The minimum Gasteiger partial charge on any atom is -0.456 e. The van der Waals surface area contributed by atoms with Crippen LogP contribution in [-0.4, -0.2) is 74.3 Å². The van der Waals surface area contributed by atoms with Crippen molar-refractivity contribution in [2.24, 2.45) is 0 Å². The zero-order chi connectivity index (χ0) is 60.7. The number of phosphoric ester groups is 1. The summed E-state index contributed by atoms with van der Waals surface area (Å²) in [5.41, 5.74) is 0. The molecule has 0 radical (unpaired) electrons. The van der Waals surface area contributed by atoms with E-state index in [1.54, 1.807) is 0 Å². The van der Waals surface area contributed by atoms with Gasteiger partial charge in [0.25, 0.3) is 0 Å². The summed E-state index contributed by atoms with van der Waals surface area (Å²) >= 11 is 0. The molecule has 0 aromatic carbocycles. The summed E-state index contributed by atoms with van der Waals surface area (Å²) in [6.07, 6.45) is 85.2. The molecular weight excluding hydrogens is 1050 g/mol. The molecule has 478 valence electrons. The van der Waals surface area contributed by atoms with Gasteiger partial charge in [-0.2, -0.15) is 0 Å². The number of likely N-dealkylation sites (N-methyl/N-ethyl adjacent to an activating group) is 1. The summed E-state index contributed by atoms with van der Waals surface area (Å²) in [6, 6.07) is -0.865. The van der Waals surface area contributed by atoms with Crippen LogP contribution in [-0.2, 0) is 27.9 Å². The predicted octanol–water partition coefficient (Wildman–Crippen LogP) is 21.7. The molecule has 3 unspecified atom stereocenters. The number of allylic oxidation sites excluding steroid dienone is 17. The number of esters is 1. The van der Waals surface area contributed by atoms with Crippen LogP contribution < -0.4 is 5.32 Å². The van der Waals surface area contributed by atoms with Gasteiger partial charge in [0.1, 0.15) is 19.3 Å². The third-order valence-electron chi connectivity index (χ3n) is 14.7. The summed E-state index contributed by atoms with van der Waals surface area (Å²) in [5.74, 6) is -0.530. The molecule has 0 heterocycles. The Morgan fingerprint density at radius 2 is 0.771 bits per heavy atom. The van der Waals surface area contributed by atoms with Gasteiger partial charge in [-0.15, -0.1) is 0 Å². The Bertz CT molecular complexity index is 1790. The van der Waals surface area contributed by atoms with E-state index in [0.29, 0.717) is 23.9 Å². The van der Waals surface area contributed by atoms with E-state index in [4.69, 9.17) is 13.8 Å². The summed E-state index contributed by atoms with van der Waals surface area (Å²) in [5, 5.41) is 3.06. The van der Waals surface area contributed by atoms with Gasteiger partial charge in [0.2, 0.25) is 5.91 Å². The van der Waals surface area contributed by atoms with E-state index in [2.05, 4.69) is 123 Å². The summed E-state index contributed by atoms with van der Waals surface area (Å²) in [4.78, 5) is 37.8. The molecule has 0 fully saturated rings. The fourth-order valence-corrected chi connectivity index (χ4v) is 10.2. The number of amides is 1. The first-order valence-electron chi connectivity index (χ1n) is 34.2. The number of phosphoric acid groups is 1. The van der Waals surface area contributed by atoms with Crippen LogP contribution in [0.1, 0.15) is 290 Å². The van der Waals surface area contributed by atoms with Crippen LogP contribution in [0.2, 0.25) is 0 Å². The quantitative estimate of drug-likeness (QED) is 0.0205. The van der Waals surface area contributed by atoms with Crippen molar-refractivity contribution in [3.63, 3.8) is 0 Å². The highest BCUT2D eigenvalue weighted by molar-refractivity contribution is 7.47. The second kappa shape index (κ2) is 61.7. The van der Waals surface area contributed by atoms with Crippen LogP contribution in [0.4, 0.5) is 0 Å². The number of carbonyl (C=O) groups excluding carboxylic acids is 2. The zero-order valence-corrected chi connectivity index (χ0v) is 55.6. The van der Waals surface area contributed by atoms with Gasteiger partial charge in [0, 0.05) is 12.8 Å². The average molecular weight is 1180 g/mol. The number of hydrogen-bond acceptors (Lipinski definition) is 6. The molecule has 0 rings (SSSR count). The molecule has 1 amide bonds. The molecular formula is C73H130N2O7P+. The van der Waals surface area contributed by atoms with Crippen molar-refractivity contribution in [1.29, 1.82) is 0 Å². The van der Waals surface area contributed by atoms with Gasteiger partial charge in [0.05, 0.1) is 33.8 Å². The molecule has 0 aliphatic rings. The van der Waals surface area contributed by atoms with E-state index in [1.807, 2.05) is 33.3 Å². The van der Waals surface area contributed by atoms with Crippen LogP contribution >= 0.6 is 7.82 Å². The molecule has 10 heteroatoms. The van der Waals surface area contributed by atoms with E-state index in [-0.39, 0.29) is 31.5 Å². The second-order valence-electron chi connectivity index (χ2n) is 24.0. The lowest BCUT2D eigenvalue weighted by Gasteiger charge is -2.27. The number of nitrogens with zero attached hydrogens (tertiary/aromatic N) is 1. The first-order valence-corrected chi connectivity index (χ1v) is 35.7. The second-order valence-corrected chi connectivity index (χ2v) is 25.4. The molecule has 0 bridgehead atoms.